The monoisotopic (exact) mass is 221 g/mol. The van der Waals surface area contributed by atoms with Crippen molar-refractivity contribution < 1.29 is 0 Å². The highest BCUT2D eigenvalue weighted by atomic mass is 15.3. The van der Waals surface area contributed by atoms with Gasteiger partial charge in [-0.25, -0.2) is 0 Å². The lowest BCUT2D eigenvalue weighted by molar-refractivity contribution is 0.476. The van der Waals surface area contributed by atoms with Crippen LogP contribution in [-0.2, 0) is 18.0 Å². The van der Waals surface area contributed by atoms with Crippen molar-refractivity contribution in [2.45, 2.75) is 52.0 Å². The van der Waals surface area contributed by atoms with E-state index in [1.54, 1.807) is 0 Å². The summed E-state index contributed by atoms with van der Waals surface area (Å²) < 4.78 is 1.95. The van der Waals surface area contributed by atoms with Crippen LogP contribution in [0.25, 0.3) is 0 Å². The van der Waals surface area contributed by atoms with E-state index in [-0.39, 0.29) is 16.4 Å². The number of aromatic nitrogens is 2. The second-order valence-electron chi connectivity index (χ2n) is 6.82. The SMILES string of the molecule is Cn1nc(C(C)(C)C)cc1C1(N)CC1(C)C. The maximum atomic E-state index is 6.44. The van der Waals surface area contributed by atoms with Gasteiger partial charge in [0.05, 0.1) is 16.9 Å². The van der Waals surface area contributed by atoms with E-state index in [1.807, 2.05) is 11.7 Å². The summed E-state index contributed by atoms with van der Waals surface area (Å²) in [6, 6.07) is 2.18. The molecule has 1 aliphatic rings. The zero-order valence-electron chi connectivity index (χ0n) is 11.3. The number of aryl methyl sites for hydroxylation is 1. The van der Waals surface area contributed by atoms with E-state index in [1.165, 1.54) is 5.69 Å². The van der Waals surface area contributed by atoms with Crippen molar-refractivity contribution in [3.63, 3.8) is 0 Å². The summed E-state index contributed by atoms with van der Waals surface area (Å²) in [6.07, 6.45) is 1.04. The maximum Gasteiger partial charge on any atom is 0.0681 e. The lowest BCUT2D eigenvalue weighted by Gasteiger charge is -2.15. The first kappa shape index (κ1) is 11.6. The molecule has 0 aliphatic heterocycles. The molecule has 1 fully saturated rings. The molecule has 3 nitrogen and oxygen atoms in total. The van der Waals surface area contributed by atoms with Crippen LogP contribution in [0.1, 0.15) is 52.4 Å². The van der Waals surface area contributed by atoms with E-state index in [9.17, 15) is 0 Å². The highest BCUT2D eigenvalue weighted by Gasteiger charge is 2.61. The predicted octanol–water partition coefficient (Wildman–Crippen LogP) is 2.30. The molecule has 0 spiro atoms. The number of nitrogens with zero attached hydrogens (tertiary/aromatic N) is 2. The summed E-state index contributed by atoms with van der Waals surface area (Å²) in [5.41, 5.74) is 8.84. The Hall–Kier alpha value is -0.830. The Morgan fingerprint density at radius 2 is 1.88 bits per heavy atom. The molecule has 0 saturated heterocycles. The van der Waals surface area contributed by atoms with E-state index in [2.05, 4.69) is 45.8 Å². The minimum atomic E-state index is -0.182. The first-order valence-corrected chi connectivity index (χ1v) is 5.92. The molecule has 16 heavy (non-hydrogen) atoms. The Balaban J connectivity index is 2.42. The van der Waals surface area contributed by atoms with Gasteiger partial charge in [0.15, 0.2) is 0 Å². The Labute approximate surface area is 98.0 Å². The smallest absolute Gasteiger partial charge is 0.0681 e. The Kier molecular flexibility index (Phi) is 2.10. The minimum absolute atomic E-state index is 0.0887. The Morgan fingerprint density at radius 3 is 2.19 bits per heavy atom. The van der Waals surface area contributed by atoms with Gasteiger partial charge in [-0.1, -0.05) is 34.6 Å². The summed E-state index contributed by atoms with van der Waals surface area (Å²) in [4.78, 5) is 0. The lowest BCUT2D eigenvalue weighted by Crippen LogP contribution is -2.28. The van der Waals surface area contributed by atoms with Crippen LogP contribution in [0.5, 0.6) is 0 Å². The average molecular weight is 221 g/mol. The van der Waals surface area contributed by atoms with Gasteiger partial charge in [-0.15, -0.1) is 0 Å². The third kappa shape index (κ3) is 1.49. The molecule has 1 saturated carbocycles. The third-order valence-corrected chi connectivity index (χ3v) is 3.91. The molecule has 1 aromatic heterocycles. The number of hydrogen-bond acceptors (Lipinski definition) is 2. The van der Waals surface area contributed by atoms with Gasteiger partial charge >= 0.3 is 0 Å². The molecule has 2 rings (SSSR count). The molecule has 1 unspecified atom stereocenters. The highest BCUT2D eigenvalue weighted by Crippen LogP contribution is 2.60. The summed E-state index contributed by atoms with van der Waals surface area (Å²) in [5, 5.41) is 4.59. The van der Waals surface area contributed by atoms with Crippen LogP contribution < -0.4 is 5.73 Å². The van der Waals surface area contributed by atoms with Crippen molar-refractivity contribution in [3.8, 4) is 0 Å². The predicted molar refractivity (Wildman–Crippen MR) is 66.2 cm³/mol. The van der Waals surface area contributed by atoms with E-state index < -0.39 is 0 Å². The van der Waals surface area contributed by atoms with Gasteiger partial charge in [0.2, 0.25) is 0 Å². The highest BCUT2D eigenvalue weighted by molar-refractivity contribution is 5.33. The van der Waals surface area contributed by atoms with Crippen molar-refractivity contribution in [1.29, 1.82) is 0 Å². The zero-order valence-corrected chi connectivity index (χ0v) is 11.3. The van der Waals surface area contributed by atoms with Crippen molar-refractivity contribution in [2.75, 3.05) is 0 Å². The summed E-state index contributed by atoms with van der Waals surface area (Å²) in [5.74, 6) is 0. The second-order valence-corrected chi connectivity index (χ2v) is 6.82. The van der Waals surface area contributed by atoms with Gasteiger partial charge in [-0.2, -0.15) is 5.10 Å². The average Bonchev–Trinajstić information content (AvgIpc) is 2.46. The molecule has 1 heterocycles. The van der Waals surface area contributed by atoms with Crippen LogP contribution in [0.4, 0.5) is 0 Å². The van der Waals surface area contributed by atoms with Gasteiger partial charge in [0.1, 0.15) is 0 Å². The zero-order chi connectivity index (χ0) is 12.4. The fourth-order valence-electron chi connectivity index (χ4n) is 2.34. The van der Waals surface area contributed by atoms with Crippen molar-refractivity contribution in [3.05, 3.63) is 17.5 Å². The topological polar surface area (TPSA) is 43.8 Å². The number of hydrogen-bond donors (Lipinski definition) is 1. The third-order valence-electron chi connectivity index (χ3n) is 3.91. The molecule has 90 valence electrons. The first-order valence-electron chi connectivity index (χ1n) is 5.92. The summed E-state index contributed by atoms with van der Waals surface area (Å²) in [6.45, 7) is 11.0. The Morgan fingerprint density at radius 1 is 1.38 bits per heavy atom. The van der Waals surface area contributed by atoms with Crippen molar-refractivity contribution >= 4 is 0 Å². The van der Waals surface area contributed by atoms with Crippen LogP contribution >= 0.6 is 0 Å². The molecule has 1 aromatic rings. The summed E-state index contributed by atoms with van der Waals surface area (Å²) in [7, 11) is 1.99. The van der Waals surface area contributed by atoms with E-state index in [0.29, 0.717) is 0 Å². The number of nitrogens with two attached hydrogens (primary N) is 1. The van der Waals surface area contributed by atoms with E-state index in [4.69, 9.17) is 5.73 Å². The molecular weight excluding hydrogens is 198 g/mol. The van der Waals surface area contributed by atoms with Crippen LogP contribution in [-0.4, -0.2) is 9.78 Å². The molecule has 0 amide bonds. The molecule has 0 bridgehead atoms. The largest absolute Gasteiger partial charge is 0.320 e. The van der Waals surface area contributed by atoms with Crippen LogP contribution in [0.15, 0.2) is 6.07 Å². The second kappa shape index (κ2) is 2.89. The molecule has 3 heteroatoms. The van der Waals surface area contributed by atoms with Gasteiger partial charge in [0, 0.05) is 12.5 Å². The Bertz CT molecular complexity index is 423. The van der Waals surface area contributed by atoms with E-state index in [0.717, 1.165) is 12.1 Å². The molecule has 0 radical (unpaired) electrons. The van der Waals surface area contributed by atoms with Gasteiger partial charge in [-0.3, -0.25) is 4.68 Å². The standard InChI is InChI=1S/C13H23N3/c1-11(2,3)9-7-10(16(6)15-9)13(14)8-12(13,4)5/h7H,8,14H2,1-6H3. The minimum Gasteiger partial charge on any atom is -0.320 e. The number of rotatable bonds is 1. The maximum absolute atomic E-state index is 6.44. The van der Waals surface area contributed by atoms with Gasteiger partial charge in [-0.05, 0) is 17.9 Å². The quantitative estimate of drug-likeness (QED) is 0.791. The fourth-order valence-corrected chi connectivity index (χ4v) is 2.34. The van der Waals surface area contributed by atoms with E-state index >= 15 is 0 Å². The van der Waals surface area contributed by atoms with Crippen molar-refractivity contribution in [1.82, 2.24) is 9.78 Å². The van der Waals surface area contributed by atoms with Crippen LogP contribution in [0, 0.1) is 5.41 Å². The van der Waals surface area contributed by atoms with Gasteiger partial charge < -0.3 is 5.73 Å². The van der Waals surface area contributed by atoms with Crippen LogP contribution in [0.2, 0.25) is 0 Å². The van der Waals surface area contributed by atoms with Gasteiger partial charge in [0.25, 0.3) is 0 Å². The molecule has 1 atom stereocenters. The lowest BCUT2D eigenvalue weighted by atomic mass is 9.91. The van der Waals surface area contributed by atoms with Crippen molar-refractivity contribution in [2.24, 2.45) is 18.2 Å². The molecule has 0 aromatic carbocycles. The normalized spacial score (nSPS) is 28.2. The molecule has 1 aliphatic carbocycles. The summed E-state index contributed by atoms with van der Waals surface area (Å²) >= 11 is 0. The molecule has 2 N–H and O–H groups in total. The first-order chi connectivity index (χ1) is 7.08. The fraction of sp³-hybridized carbons (Fsp3) is 0.769. The molecular formula is C13H23N3. The van der Waals surface area contributed by atoms with Crippen LogP contribution in [0.3, 0.4) is 0 Å².